The van der Waals surface area contributed by atoms with E-state index in [1.807, 2.05) is 26.0 Å². The standard InChI is InChI=1S/C18H31N5O/c1-13(2)16(23-8-6-22(5)7-9-23)12-19-18(24)21-17-11-14(3)10-15(4)20-17/h10-11,13,16H,6-9,12H2,1-5H3,(H2,19,20,21,24)/t16-/m0/s1. The molecule has 2 N–H and O–H groups in total. The Morgan fingerprint density at radius 2 is 1.88 bits per heavy atom. The molecule has 1 aliphatic heterocycles. The van der Waals surface area contributed by atoms with E-state index in [1.165, 1.54) is 0 Å². The molecule has 0 radical (unpaired) electrons. The lowest BCUT2D eigenvalue weighted by molar-refractivity contribution is 0.0890. The van der Waals surface area contributed by atoms with Crippen LogP contribution in [0, 0.1) is 19.8 Å². The zero-order chi connectivity index (χ0) is 17.7. The minimum atomic E-state index is -0.188. The Morgan fingerprint density at radius 1 is 1.21 bits per heavy atom. The predicted molar refractivity (Wildman–Crippen MR) is 98.4 cm³/mol. The van der Waals surface area contributed by atoms with Crippen molar-refractivity contribution in [3.63, 3.8) is 0 Å². The minimum absolute atomic E-state index is 0.188. The molecule has 0 aliphatic carbocycles. The number of nitrogens with zero attached hydrogens (tertiary/aromatic N) is 3. The van der Waals surface area contributed by atoms with Crippen LogP contribution in [0.1, 0.15) is 25.1 Å². The number of likely N-dealkylation sites (N-methyl/N-ethyl adjacent to an activating group) is 1. The molecule has 0 aromatic carbocycles. The Morgan fingerprint density at radius 3 is 2.46 bits per heavy atom. The van der Waals surface area contributed by atoms with Gasteiger partial charge in [-0.15, -0.1) is 0 Å². The molecule has 1 saturated heterocycles. The molecule has 2 amide bonds. The summed E-state index contributed by atoms with van der Waals surface area (Å²) in [6, 6.07) is 4.04. The first-order valence-electron chi connectivity index (χ1n) is 8.78. The summed E-state index contributed by atoms with van der Waals surface area (Å²) in [5, 5.41) is 5.85. The lowest BCUT2D eigenvalue weighted by Gasteiger charge is -2.39. The van der Waals surface area contributed by atoms with Gasteiger partial charge in [0.25, 0.3) is 0 Å². The van der Waals surface area contributed by atoms with Gasteiger partial charge in [-0.25, -0.2) is 9.78 Å². The van der Waals surface area contributed by atoms with E-state index in [4.69, 9.17) is 0 Å². The van der Waals surface area contributed by atoms with Crippen molar-refractivity contribution >= 4 is 11.8 Å². The lowest BCUT2D eigenvalue weighted by Crippen LogP contribution is -2.54. The van der Waals surface area contributed by atoms with E-state index >= 15 is 0 Å². The second kappa shape index (κ2) is 8.44. The summed E-state index contributed by atoms with van der Waals surface area (Å²) >= 11 is 0. The quantitative estimate of drug-likeness (QED) is 0.866. The summed E-state index contributed by atoms with van der Waals surface area (Å²) in [5.41, 5.74) is 2.00. The molecule has 134 valence electrons. The van der Waals surface area contributed by atoms with Gasteiger partial charge in [0.1, 0.15) is 5.82 Å². The number of aryl methyl sites for hydroxylation is 2. The van der Waals surface area contributed by atoms with Gasteiger partial charge in [0.05, 0.1) is 0 Å². The third kappa shape index (κ3) is 5.46. The molecule has 0 saturated carbocycles. The number of anilines is 1. The average Bonchev–Trinajstić information content (AvgIpc) is 2.47. The van der Waals surface area contributed by atoms with Gasteiger partial charge in [-0.2, -0.15) is 0 Å². The van der Waals surface area contributed by atoms with Crippen molar-refractivity contribution < 1.29 is 4.79 Å². The Labute approximate surface area is 145 Å². The van der Waals surface area contributed by atoms with Crippen LogP contribution in [-0.2, 0) is 0 Å². The Hall–Kier alpha value is -1.66. The highest BCUT2D eigenvalue weighted by Gasteiger charge is 2.25. The van der Waals surface area contributed by atoms with Crippen molar-refractivity contribution in [2.75, 3.05) is 45.1 Å². The second-order valence-electron chi connectivity index (χ2n) is 7.16. The Bertz CT molecular complexity index is 532. The summed E-state index contributed by atoms with van der Waals surface area (Å²) in [6.07, 6.45) is 0. The van der Waals surface area contributed by atoms with Crippen LogP contribution in [0.2, 0.25) is 0 Å². The van der Waals surface area contributed by atoms with E-state index in [2.05, 4.69) is 46.3 Å². The summed E-state index contributed by atoms with van der Waals surface area (Å²) in [6.45, 7) is 13.3. The van der Waals surface area contributed by atoms with E-state index in [1.54, 1.807) is 0 Å². The SMILES string of the molecule is Cc1cc(C)nc(NC(=O)NC[C@@H](C(C)C)N2CCN(C)CC2)c1. The van der Waals surface area contributed by atoms with Crippen LogP contribution in [0.25, 0.3) is 0 Å². The fourth-order valence-corrected chi connectivity index (χ4v) is 3.20. The summed E-state index contributed by atoms with van der Waals surface area (Å²) in [5.74, 6) is 1.10. The molecule has 1 atom stereocenters. The molecule has 6 heteroatoms. The average molecular weight is 333 g/mol. The number of piperazine rings is 1. The van der Waals surface area contributed by atoms with Crippen molar-refractivity contribution in [2.45, 2.75) is 33.7 Å². The number of nitrogens with one attached hydrogen (secondary N) is 2. The number of rotatable bonds is 5. The molecule has 0 unspecified atom stereocenters. The fraction of sp³-hybridized carbons (Fsp3) is 0.667. The number of amides is 2. The molecular formula is C18H31N5O. The van der Waals surface area contributed by atoms with Crippen LogP contribution in [0.15, 0.2) is 12.1 Å². The summed E-state index contributed by atoms with van der Waals surface area (Å²) < 4.78 is 0. The van der Waals surface area contributed by atoms with Gasteiger partial charge in [-0.1, -0.05) is 13.8 Å². The zero-order valence-electron chi connectivity index (χ0n) is 15.6. The topological polar surface area (TPSA) is 60.5 Å². The van der Waals surface area contributed by atoms with Gasteiger partial charge in [0.2, 0.25) is 0 Å². The van der Waals surface area contributed by atoms with Gasteiger partial charge in [0.15, 0.2) is 0 Å². The number of carbonyl (C=O) groups is 1. The molecule has 1 aromatic rings. The molecule has 0 spiro atoms. The molecule has 1 aliphatic rings. The maximum atomic E-state index is 12.2. The second-order valence-corrected chi connectivity index (χ2v) is 7.16. The van der Waals surface area contributed by atoms with Crippen molar-refractivity contribution in [1.29, 1.82) is 0 Å². The third-order valence-corrected chi connectivity index (χ3v) is 4.59. The molecule has 2 rings (SSSR count). The van der Waals surface area contributed by atoms with Crippen LogP contribution in [0.4, 0.5) is 10.6 Å². The van der Waals surface area contributed by atoms with Crippen LogP contribution < -0.4 is 10.6 Å². The minimum Gasteiger partial charge on any atom is -0.336 e. The maximum Gasteiger partial charge on any atom is 0.320 e. The van der Waals surface area contributed by atoms with E-state index in [-0.39, 0.29) is 6.03 Å². The first kappa shape index (κ1) is 18.7. The maximum absolute atomic E-state index is 12.2. The van der Waals surface area contributed by atoms with Crippen LogP contribution >= 0.6 is 0 Å². The van der Waals surface area contributed by atoms with Gasteiger partial charge in [-0.3, -0.25) is 10.2 Å². The predicted octanol–water partition coefficient (Wildman–Crippen LogP) is 2.09. The highest BCUT2D eigenvalue weighted by atomic mass is 16.2. The molecule has 0 bridgehead atoms. The van der Waals surface area contributed by atoms with Crippen molar-refractivity contribution in [1.82, 2.24) is 20.1 Å². The van der Waals surface area contributed by atoms with E-state index in [0.717, 1.165) is 37.4 Å². The van der Waals surface area contributed by atoms with Crippen LogP contribution in [0.5, 0.6) is 0 Å². The highest BCUT2D eigenvalue weighted by molar-refractivity contribution is 5.88. The largest absolute Gasteiger partial charge is 0.336 e. The first-order valence-corrected chi connectivity index (χ1v) is 8.78. The third-order valence-electron chi connectivity index (χ3n) is 4.59. The first-order chi connectivity index (χ1) is 11.3. The lowest BCUT2D eigenvalue weighted by atomic mass is 10.0. The van der Waals surface area contributed by atoms with Crippen molar-refractivity contribution in [3.05, 3.63) is 23.4 Å². The number of aromatic nitrogens is 1. The number of hydrogen-bond acceptors (Lipinski definition) is 4. The van der Waals surface area contributed by atoms with E-state index in [9.17, 15) is 4.79 Å². The van der Waals surface area contributed by atoms with E-state index in [0.29, 0.717) is 24.3 Å². The smallest absolute Gasteiger partial charge is 0.320 e. The fourth-order valence-electron chi connectivity index (χ4n) is 3.20. The molecule has 2 heterocycles. The number of urea groups is 1. The monoisotopic (exact) mass is 333 g/mol. The molecule has 1 aromatic heterocycles. The van der Waals surface area contributed by atoms with Gasteiger partial charge >= 0.3 is 6.03 Å². The van der Waals surface area contributed by atoms with Gasteiger partial charge in [-0.05, 0) is 44.5 Å². The highest BCUT2D eigenvalue weighted by Crippen LogP contribution is 2.13. The normalized spacial score (nSPS) is 17.8. The summed E-state index contributed by atoms with van der Waals surface area (Å²) in [4.78, 5) is 21.4. The van der Waals surface area contributed by atoms with Crippen molar-refractivity contribution in [2.24, 2.45) is 5.92 Å². The molecule has 1 fully saturated rings. The van der Waals surface area contributed by atoms with Crippen LogP contribution in [-0.4, -0.2) is 66.6 Å². The Balaban J connectivity index is 1.88. The van der Waals surface area contributed by atoms with Crippen LogP contribution in [0.3, 0.4) is 0 Å². The number of hydrogen-bond donors (Lipinski definition) is 2. The number of carbonyl (C=O) groups excluding carboxylic acids is 1. The number of pyridine rings is 1. The molecular weight excluding hydrogens is 302 g/mol. The van der Waals surface area contributed by atoms with Crippen molar-refractivity contribution in [3.8, 4) is 0 Å². The molecule has 6 nitrogen and oxygen atoms in total. The van der Waals surface area contributed by atoms with Gasteiger partial charge in [0, 0.05) is 44.5 Å². The summed E-state index contributed by atoms with van der Waals surface area (Å²) in [7, 11) is 2.16. The zero-order valence-corrected chi connectivity index (χ0v) is 15.6. The van der Waals surface area contributed by atoms with E-state index < -0.39 is 0 Å². The molecule has 24 heavy (non-hydrogen) atoms. The Kier molecular flexibility index (Phi) is 6.57. The van der Waals surface area contributed by atoms with Gasteiger partial charge < -0.3 is 10.2 Å².